The number of aliphatic hydroxyl groups is 7. The fraction of sp³-hybridized carbons (Fsp3) is 0.891. The summed E-state index contributed by atoms with van der Waals surface area (Å²) in [5, 5.41) is 72.2. The largest absolute Gasteiger partial charge is 0.462 e. The van der Waals surface area contributed by atoms with E-state index in [9.17, 15) is 45.3 Å². The van der Waals surface area contributed by atoms with Crippen LogP contribution in [0.15, 0.2) is 24.3 Å². The molecule has 15 nitrogen and oxygen atoms in total. The molecule has 0 bridgehead atoms. The van der Waals surface area contributed by atoms with Gasteiger partial charge in [-0.15, -0.1) is 0 Å². The molecule has 0 aliphatic carbocycles. The molecular formula is C55H100O15. The standard InChI is InChI=1S/C55H100O15/c1-3-5-7-9-11-13-15-17-19-20-21-22-24-25-27-29-31-33-35-37-46(57)65-40-43(68-47(58)38-36-34-32-30-28-26-23-18-16-14-12-10-8-6-4-2)41-66-54-53(64)51(62)49(60)45(70-54)42-67-55-52(63)50(61)48(59)44(39-56)69-55/h11,13,17,19,43-45,48-56,59-64H,3-10,12,14-16,18,20-42H2,1-2H3/b13-11+,19-17+/t43-,44+,45+,48-,49-,50?,51?,52?,53?,54+,55+/m0/s1. The molecule has 0 aromatic rings. The average molecular weight is 1000 g/mol. The van der Waals surface area contributed by atoms with Crippen molar-refractivity contribution >= 4 is 11.9 Å². The molecule has 0 aromatic heterocycles. The van der Waals surface area contributed by atoms with E-state index in [0.717, 1.165) is 51.4 Å². The highest BCUT2D eigenvalue weighted by molar-refractivity contribution is 5.70. The van der Waals surface area contributed by atoms with Crippen molar-refractivity contribution in [2.45, 2.75) is 287 Å². The van der Waals surface area contributed by atoms with Gasteiger partial charge in [-0.25, -0.2) is 0 Å². The number of hydrogen-bond donors (Lipinski definition) is 7. The van der Waals surface area contributed by atoms with E-state index in [-0.39, 0.29) is 26.1 Å². The van der Waals surface area contributed by atoms with Crippen LogP contribution < -0.4 is 0 Å². The summed E-state index contributed by atoms with van der Waals surface area (Å²) in [5.74, 6) is -0.919. The summed E-state index contributed by atoms with van der Waals surface area (Å²) in [4.78, 5) is 25.8. The summed E-state index contributed by atoms with van der Waals surface area (Å²) in [6, 6.07) is 0. The van der Waals surface area contributed by atoms with Crippen LogP contribution in [0.25, 0.3) is 0 Å². The molecule has 2 saturated heterocycles. The quantitative estimate of drug-likeness (QED) is 0.0172. The second kappa shape index (κ2) is 42.3. The SMILES string of the molecule is CCCCC/C=C/C/C=C/CCCCCCCCCCCC(=O)OC[C@@H](CO[C@@H]1O[C@H](CO[C@@H]2O[C@H](CO)[C@H](O)C(O)C2O)[C@H](O)C(O)C1O)OC(=O)CCCCCCCCCCCCCCCCC. The number of aliphatic hydroxyl groups excluding tert-OH is 7. The van der Waals surface area contributed by atoms with Crippen molar-refractivity contribution < 1.29 is 73.8 Å². The van der Waals surface area contributed by atoms with Gasteiger partial charge in [0, 0.05) is 12.8 Å². The lowest BCUT2D eigenvalue weighted by Gasteiger charge is -2.42. The Morgan fingerprint density at radius 1 is 0.457 bits per heavy atom. The van der Waals surface area contributed by atoms with Gasteiger partial charge in [0.25, 0.3) is 0 Å². The Balaban J connectivity index is 1.77. The molecule has 2 heterocycles. The highest BCUT2D eigenvalue weighted by Crippen LogP contribution is 2.27. The monoisotopic (exact) mass is 1000 g/mol. The molecule has 70 heavy (non-hydrogen) atoms. The average Bonchev–Trinajstić information content (AvgIpc) is 3.35. The Kier molecular flexibility index (Phi) is 38.8. The maximum atomic E-state index is 13.0. The van der Waals surface area contributed by atoms with E-state index >= 15 is 0 Å². The molecule has 0 saturated carbocycles. The molecule has 0 spiro atoms. The third-order valence-electron chi connectivity index (χ3n) is 13.4. The van der Waals surface area contributed by atoms with E-state index in [1.54, 1.807) is 0 Å². The normalized spacial score (nSPS) is 25.5. The maximum absolute atomic E-state index is 13.0. The number of allylic oxidation sites excluding steroid dienone is 4. The molecule has 15 heteroatoms. The van der Waals surface area contributed by atoms with Crippen LogP contribution in [0.5, 0.6) is 0 Å². The number of ether oxygens (including phenoxy) is 6. The van der Waals surface area contributed by atoms with Crippen LogP contribution in [0.4, 0.5) is 0 Å². The number of unbranched alkanes of at least 4 members (excludes halogenated alkanes) is 26. The summed E-state index contributed by atoms with van der Waals surface area (Å²) in [6.45, 7) is 2.59. The molecule has 4 unspecified atom stereocenters. The minimum atomic E-state index is -1.76. The first-order chi connectivity index (χ1) is 34.0. The van der Waals surface area contributed by atoms with Gasteiger partial charge in [-0.2, -0.15) is 0 Å². The Labute approximate surface area is 422 Å². The van der Waals surface area contributed by atoms with Gasteiger partial charge in [0.05, 0.1) is 19.8 Å². The number of hydrogen-bond acceptors (Lipinski definition) is 15. The summed E-state index contributed by atoms with van der Waals surface area (Å²) < 4.78 is 33.7. The summed E-state index contributed by atoms with van der Waals surface area (Å²) in [7, 11) is 0. The predicted molar refractivity (Wildman–Crippen MR) is 271 cm³/mol. The summed E-state index contributed by atoms with van der Waals surface area (Å²) in [6.07, 6.45) is 27.6. The second-order valence-electron chi connectivity index (χ2n) is 19.8. The summed E-state index contributed by atoms with van der Waals surface area (Å²) in [5.41, 5.74) is 0. The summed E-state index contributed by atoms with van der Waals surface area (Å²) >= 11 is 0. The van der Waals surface area contributed by atoms with Gasteiger partial charge in [-0.3, -0.25) is 9.59 Å². The van der Waals surface area contributed by atoms with Gasteiger partial charge in [-0.05, 0) is 44.9 Å². The first kappa shape index (κ1) is 64.1. The van der Waals surface area contributed by atoms with Gasteiger partial charge in [0.1, 0.15) is 55.4 Å². The molecule has 11 atom stereocenters. The van der Waals surface area contributed by atoms with Crippen molar-refractivity contribution in [2.75, 3.05) is 26.4 Å². The molecule has 2 fully saturated rings. The first-order valence-corrected chi connectivity index (χ1v) is 27.9. The molecule has 2 aliphatic rings. The lowest BCUT2D eigenvalue weighted by Crippen LogP contribution is -2.61. The van der Waals surface area contributed by atoms with Gasteiger partial charge < -0.3 is 64.2 Å². The van der Waals surface area contributed by atoms with Crippen LogP contribution in [0.2, 0.25) is 0 Å². The fourth-order valence-electron chi connectivity index (χ4n) is 8.84. The van der Waals surface area contributed by atoms with Gasteiger partial charge in [-0.1, -0.05) is 186 Å². The van der Waals surface area contributed by atoms with E-state index in [1.807, 2.05) is 0 Å². The van der Waals surface area contributed by atoms with Crippen molar-refractivity contribution in [3.63, 3.8) is 0 Å². The molecule has 2 aliphatic heterocycles. The lowest BCUT2D eigenvalue weighted by atomic mass is 9.98. The van der Waals surface area contributed by atoms with Gasteiger partial charge in [0.15, 0.2) is 18.7 Å². The van der Waals surface area contributed by atoms with Crippen LogP contribution in [-0.4, -0.2) is 142 Å². The van der Waals surface area contributed by atoms with Crippen molar-refractivity contribution in [3.8, 4) is 0 Å². The highest BCUT2D eigenvalue weighted by atomic mass is 16.7. The maximum Gasteiger partial charge on any atom is 0.306 e. The lowest BCUT2D eigenvalue weighted by molar-refractivity contribution is -0.332. The molecule has 0 amide bonds. The number of carbonyl (C=O) groups is 2. The Bertz CT molecular complexity index is 1310. The van der Waals surface area contributed by atoms with E-state index in [2.05, 4.69) is 38.2 Å². The van der Waals surface area contributed by atoms with E-state index in [1.165, 1.54) is 128 Å². The van der Waals surface area contributed by atoms with E-state index in [0.29, 0.717) is 12.8 Å². The fourth-order valence-corrected chi connectivity index (χ4v) is 8.84. The van der Waals surface area contributed by atoms with Crippen LogP contribution in [0.3, 0.4) is 0 Å². The topological polar surface area (TPSA) is 231 Å². The van der Waals surface area contributed by atoms with Crippen LogP contribution >= 0.6 is 0 Å². The second-order valence-corrected chi connectivity index (χ2v) is 19.8. The predicted octanol–water partition coefficient (Wildman–Crippen LogP) is 8.72. The Morgan fingerprint density at radius 2 is 0.857 bits per heavy atom. The van der Waals surface area contributed by atoms with Gasteiger partial charge in [0.2, 0.25) is 0 Å². The molecule has 2 rings (SSSR count). The van der Waals surface area contributed by atoms with E-state index in [4.69, 9.17) is 28.4 Å². The molecular weight excluding hydrogens is 901 g/mol. The third kappa shape index (κ3) is 29.6. The van der Waals surface area contributed by atoms with Crippen molar-refractivity contribution in [1.82, 2.24) is 0 Å². The van der Waals surface area contributed by atoms with Gasteiger partial charge >= 0.3 is 11.9 Å². The van der Waals surface area contributed by atoms with Crippen LogP contribution in [0, 0.1) is 0 Å². The zero-order valence-corrected chi connectivity index (χ0v) is 43.5. The minimum Gasteiger partial charge on any atom is -0.462 e. The van der Waals surface area contributed by atoms with Crippen LogP contribution in [0.1, 0.15) is 219 Å². The minimum absolute atomic E-state index is 0.169. The van der Waals surface area contributed by atoms with Crippen molar-refractivity contribution in [3.05, 3.63) is 24.3 Å². The number of esters is 2. The highest BCUT2D eigenvalue weighted by Gasteiger charge is 2.47. The zero-order chi connectivity index (χ0) is 51.0. The Morgan fingerprint density at radius 3 is 1.36 bits per heavy atom. The van der Waals surface area contributed by atoms with E-state index < -0.39 is 92.7 Å². The number of carbonyl (C=O) groups excluding carboxylic acids is 2. The molecule has 0 radical (unpaired) electrons. The first-order valence-electron chi connectivity index (χ1n) is 27.9. The zero-order valence-electron chi connectivity index (χ0n) is 43.5. The van der Waals surface area contributed by atoms with Crippen LogP contribution in [-0.2, 0) is 38.0 Å². The molecule has 7 N–H and O–H groups in total. The molecule has 0 aromatic carbocycles. The third-order valence-corrected chi connectivity index (χ3v) is 13.4. The van der Waals surface area contributed by atoms with Crippen molar-refractivity contribution in [2.24, 2.45) is 0 Å². The smallest absolute Gasteiger partial charge is 0.306 e. The van der Waals surface area contributed by atoms with Crippen molar-refractivity contribution in [1.29, 1.82) is 0 Å². The Hall–Kier alpha value is -2.02. The number of rotatable bonds is 44. The molecule has 410 valence electrons.